The highest BCUT2D eigenvalue weighted by atomic mass is 32.2. The molecule has 0 aliphatic carbocycles. The van der Waals surface area contributed by atoms with Crippen LogP contribution in [-0.2, 0) is 21.9 Å². The van der Waals surface area contributed by atoms with Crippen molar-refractivity contribution in [2.45, 2.75) is 18.9 Å². The van der Waals surface area contributed by atoms with E-state index in [1.807, 2.05) is 13.8 Å². The lowest BCUT2D eigenvalue weighted by Crippen LogP contribution is -2.39. The third-order valence-electron chi connectivity index (χ3n) is 3.15. The number of carboxylic acids is 1. The van der Waals surface area contributed by atoms with Gasteiger partial charge in [-0.15, -0.1) is 0 Å². The Morgan fingerprint density at radius 1 is 1.36 bits per heavy atom. The SMILES string of the molecule is CC(C)CN(CC(=O)O)S(=O)(=O)c1c2ccccc2nn1C. The van der Waals surface area contributed by atoms with Crippen LogP contribution in [0.5, 0.6) is 0 Å². The molecule has 1 aromatic heterocycles. The zero-order valence-electron chi connectivity index (χ0n) is 12.7. The first-order valence-electron chi connectivity index (χ1n) is 6.87. The third-order valence-corrected chi connectivity index (χ3v) is 5.08. The number of hydrogen-bond donors (Lipinski definition) is 1. The Balaban J connectivity index is 2.58. The van der Waals surface area contributed by atoms with Crippen LogP contribution in [0.4, 0.5) is 0 Å². The summed E-state index contributed by atoms with van der Waals surface area (Å²) >= 11 is 0. The van der Waals surface area contributed by atoms with Crippen LogP contribution in [0.15, 0.2) is 29.3 Å². The topological polar surface area (TPSA) is 92.5 Å². The van der Waals surface area contributed by atoms with Crippen LogP contribution in [0.3, 0.4) is 0 Å². The minimum Gasteiger partial charge on any atom is -0.480 e. The van der Waals surface area contributed by atoms with Crippen molar-refractivity contribution in [3.63, 3.8) is 0 Å². The van der Waals surface area contributed by atoms with Gasteiger partial charge in [0.15, 0.2) is 5.03 Å². The number of carbonyl (C=O) groups is 1. The Morgan fingerprint density at radius 3 is 2.59 bits per heavy atom. The number of aromatic nitrogens is 2. The molecule has 2 rings (SSSR count). The molecule has 1 aromatic carbocycles. The summed E-state index contributed by atoms with van der Waals surface area (Å²) in [5.41, 5.74) is 0.559. The molecule has 0 atom stereocenters. The molecule has 0 radical (unpaired) electrons. The van der Waals surface area contributed by atoms with Crippen molar-refractivity contribution in [1.82, 2.24) is 14.1 Å². The van der Waals surface area contributed by atoms with E-state index in [4.69, 9.17) is 5.11 Å². The second-order valence-corrected chi connectivity index (χ2v) is 7.38. The molecule has 0 unspecified atom stereocenters. The first-order valence-corrected chi connectivity index (χ1v) is 8.31. The van der Waals surface area contributed by atoms with Gasteiger partial charge in [0.2, 0.25) is 0 Å². The van der Waals surface area contributed by atoms with Gasteiger partial charge in [-0.05, 0) is 18.1 Å². The maximum atomic E-state index is 12.9. The number of carboxylic acid groups (broad SMARTS) is 1. The molecule has 0 saturated heterocycles. The molecule has 1 heterocycles. The van der Waals surface area contributed by atoms with Crippen LogP contribution in [0.1, 0.15) is 13.8 Å². The van der Waals surface area contributed by atoms with Crippen molar-refractivity contribution in [3.05, 3.63) is 24.3 Å². The van der Waals surface area contributed by atoms with Crippen molar-refractivity contribution in [1.29, 1.82) is 0 Å². The van der Waals surface area contributed by atoms with Gasteiger partial charge in [0.25, 0.3) is 10.0 Å². The Morgan fingerprint density at radius 2 is 2.00 bits per heavy atom. The zero-order valence-corrected chi connectivity index (χ0v) is 13.5. The summed E-state index contributed by atoms with van der Waals surface area (Å²) in [6, 6.07) is 6.89. The van der Waals surface area contributed by atoms with E-state index < -0.39 is 22.5 Å². The fourth-order valence-corrected chi connectivity index (χ4v) is 4.20. The van der Waals surface area contributed by atoms with Crippen LogP contribution in [0.2, 0.25) is 0 Å². The lowest BCUT2D eigenvalue weighted by Gasteiger charge is -2.22. The molecule has 120 valence electrons. The Labute approximate surface area is 129 Å². The summed E-state index contributed by atoms with van der Waals surface area (Å²) in [6.45, 7) is 3.24. The van der Waals surface area contributed by atoms with Crippen molar-refractivity contribution >= 4 is 26.9 Å². The fraction of sp³-hybridized carbons (Fsp3) is 0.429. The van der Waals surface area contributed by atoms with E-state index in [2.05, 4.69) is 5.10 Å². The molecule has 0 aliphatic rings. The number of aryl methyl sites for hydroxylation is 1. The quantitative estimate of drug-likeness (QED) is 0.864. The minimum absolute atomic E-state index is 0.00798. The van der Waals surface area contributed by atoms with E-state index in [9.17, 15) is 13.2 Å². The first kappa shape index (κ1) is 16.4. The van der Waals surface area contributed by atoms with Gasteiger partial charge in [-0.25, -0.2) is 8.42 Å². The van der Waals surface area contributed by atoms with E-state index in [-0.39, 0.29) is 17.5 Å². The van der Waals surface area contributed by atoms with E-state index in [0.717, 1.165) is 4.31 Å². The van der Waals surface area contributed by atoms with E-state index in [1.54, 1.807) is 31.3 Å². The third kappa shape index (κ3) is 3.12. The highest BCUT2D eigenvalue weighted by molar-refractivity contribution is 7.89. The molecule has 0 spiro atoms. The van der Waals surface area contributed by atoms with Gasteiger partial charge < -0.3 is 5.11 Å². The average Bonchev–Trinajstić information content (AvgIpc) is 2.73. The van der Waals surface area contributed by atoms with Gasteiger partial charge >= 0.3 is 5.97 Å². The molecule has 0 bridgehead atoms. The van der Waals surface area contributed by atoms with E-state index >= 15 is 0 Å². The monoisotopic (exact) mass is 325 g/mol. The molecular weight excluding hydrogens is 306 g/mol. The highest BCUT2D eigenvalue weighted by Crippen LogP contribution is 2.25. The number of fused-ring (bicyclic) bond motifs is 1. The van der Waals surface area contributed by atoms with E-state index in [0.29, 0.717) is 10.9 Å². The largest absolute Gasteiger partial charge is 0.480 e. The molecule has 7 nitrogen and oxygen atoms in total. The Hall–Kier alpha value is -1.93. The van der Waals surface area contributed by atoms with Crippen molar-refractivity contribution < 1.29 is 18.3 Å². The maximum Gasteiger partial charge on any atom is 0.318 e. The predicted octanol–water partition coefficient (Wildman–Crippen LogP) is 1.30. The first-order chi connectivity index (χ1) is 10.2. The molecule has 2 aromatic rings. The normalized spacial score (nSPS) is 12.4. The van der Waals surface area contributed by atoms with Gasteiger partial charge in [-0.3, -0.25) is 9.48 Å². The molecule has 0 saturated carbocycles. The number of nitrogens with zero attached hydrogens (tertiary/aromatic N) is 3. The van der Waals surface area contributed by atoms with Crippen LogP contribution >= 0.6 is 0 Å². The molecule has 1 N–H and O–H groups in total. The van der Waals surface area contributed by atoms with Crippen LogP contribution in [0, 0.1) is 5.92 Å². The molecule has 0 fully saturated rings. The Kier molecular flexibility index (Phi) is 4.52. The van der Waals surface area contributed by atoms with Crippen molar-refractivity contribution in [2.75, 3.05) is 13.1 Å². The summed E-state index contributed by atoms with van der Waals surface area (Å²) in [5.74, 6) is -1.18. The smallest absolute Gasteiger partial charge is 0.318 e. The van der Waals surface area contributed by atoms with Crippen molar-refractivity contribution in [2.24, 2.45) is 13.0 Å². The van der Waals surface area contributed by atoms with Gasteiger partial charge in [0.05, 0.1) is 5.52 Å². The standard InChI is InChI=1S/C14H19N3O4S/c1-10(2)8-17(9-13(18)19)22(20,21)14-11-6-4-5-7-12(11)15-16(14)3/h4-7,10H,8-9H2,1-3H3,(H,18,19). The molecule has 22 heavy (non-hydrogen) atoms. The summed E-state index contributed by atoms with van der Waals surface area (Å²) in [7, 11) is -2.41. The van der Waals surface area contributed by atoms with E-state index in [1.165, 1.54) is 4.68 Å². The minimum atomic E-state index is -3.95. The highest BCUT2D eigenvalue weighted by Gasteiger charge is 2.31. The number of sulfonamides is 1. The van der Waals surface area contributed by atoms with Crippen LogP contribution < -0.4 is 0 Å². The molecule has 0 aliphatic heterocycles. The maximum absolute atomic E-state index is 12.9. The summed E-state index contributed by atoms with van der Waals surface area (Å²) in [4.78, 5) is 11.0. The summed E-state index contributed by atoms with van der Waals surface area (Å²) in [6.07, 6.45) is 0. The van der Waals surface area contributed by atoms with Crippen LogP contribution in [-0.4, -0.2) is 46.7 Å². The predicted molar refractivity (Wildman–Crippen MR) is 81.9 cm³/mol. The van der Waals surface area contributed by atoms with Gasteiger partial charge in [0.1, 0.15) is 6.54 Å². The lowest BCUT2D eigenvalue weighted by atomic mass is 10.2. The zero-order chi connectivity index (χ0) is 16.5. The van der Waals surface area contributed by atoms with Gasteiger partial charge in [-0.2, -0.15) is 9.40 Å². The molecule has 0 amide bonds. The summed E-state index contributed by atoms with van der Waals surface area (Å²) in [5, 5.41) is 13.7. The number of hydrogen-bond acceptors (Lipinski definition) is 4. The van der Waals surface area contributed by atoms with Gasteiger partial charge in [0, 0.05) is 19.0 Å². The van der Waals surface area contributed by atoms with Crippen molar-refractivity contribution in [3.8, 4) is 0 Å². The number of benzene rings is 1. The van der Waals surface area contributed by atoms with Crippen LogP contribution in [0.25, 0.3) is 10.9 Å². The molecular formula is C14H19N3O4S. The molecule has 8 heteroatoms. The number of aliphatic carboxylic acids is 1. The Bertz CT molecular complexity index is 796. The average molecular weight is 325 g/mol. The van der Waals surface area contributed by atoms with Gasteiger partial charge in [-0.1, -0.05) is 26.0 Å². The second kappa shape index (κ2) is 6.05. The second-order valence-electron chi connectivity index (χ2n) is 5.53. The lowest BCUT2D eigenvalue weighted by molar-refractivity contribution is -0.137. The number of rotatable bonds is 6. The summed E-state index contributed by atoms with van der Waals surface area (Å²) < 4.78 is 28.1. The fourth-order valence-electron chi connectivity index (χ4n) is 2.36.